The van der Waals surface area contributed by atoms with Crippen LogP contribution in [-0.2, 0) is 28.6 Å². The Bertz CT molecular complexity index is 1190. The van der Waals surface area contributed by atoms with Crippen LogP contribution >= 0.6 is 0 Å². The number of carbonyl (C=O) groups is 3. The highest BCUT2D eigenvalue weighted by Crippen LogP contribution is 2.80. The Labute approximate surface area is 228 Å². The smallest absolute Gasteiger partial charge is 0.333 e. The molecule has 39 heavy (non-hydrogen) atoms. The van der Waals surface area contributed by atoms with Crippen molar-refractivity contribution in [2.24, 2.45) is 35.0 Å². The third-order valence-corrected chi connectivity index (χ3v) is 10.9. The van der Waals surface area contributed by atoms with Crippen molar-refractivity contribution < 1.29 is 49.0 Å². The van der Waals surface area contributed by atoms with E-state index in [1.54, 1.807) is 13.8 Å². The van der Waals surface area contributed by atoms with Gasteiger partial charge in [-0.05, 0) is 25.8 Å². The molecule has 0 spiro atoms. The second kappa shape index (κ2) is 8.22. The Hall–Kier alpha value is -2.11. The second-order valence-electron chi connectivity index (χ2n) is 13.1. The molecule has 0 aromatic rings. The third-order valence-electron chi connectivity index (χ3n) is 10.9. The molecule has 0 aromatic heterocycles. The van der Waals surface area contributed by atoms with Gasteiger partial charge in [0.15, 0.2) is 17.0 Å². The monoisotopic (exact) mass is 548 g/mol. The molecule has 1 saturated heterocycles. The minimum atomic E-state index is -2.49. The summed E-state index contributed by atoms with van der Waals surface area (Å²) in [5.74, 6) is -6.32. The summed E-state index contributed by atoms with van der Waals surface area (Å²) < 4.78 is 18.2. The maximum absolute atomic E-state index is 13.4. The SMILES string of the molecule is C=C(C)C(=O)OC1[C@@H](C)C2(O)[C@@H]3C=C(C)C(=O)C3(O)C(O)C3(CO)OC3[C@H]2[C@H]2C(C)(C)C12OC(=O)C(C)CC. The van der Waals surface area contributed by atoms with E-state index >= 15 is 0 Å². The van der Waals surface area contributed by atoms with Crippen molar-refractivity contribution in [3.8, 4) is 0 Å². The van der Waals surface area contributed by atoms with Crippen LogP contribution in [0.5, 0.6) is 0 Å². The fourth-order valence-corrected chi connectivity index (χ4v) is 8.32. The van der Waals surface area contributed by atoms with Crippen molar-refractivity contribution in [3.63, 3.8) is 0 Å². The number of rotatable bonds is 6. The summed E-state index contributed by atoms with van der Waals surface area (Å²) >= 11 is 0. The van der Waals surface area contributed by atoms with Gasteiger partial charge in [0.2, 0.25) is 0 Å². The number of carbonyl (C=O) groups excluding carboxylic acids is 3. The molecular weight excluding hydrogens is 508 g/mol. The summed E-state index contributed by atoms with van der Waals surface area (Å²) in [5.41, 5.74) is -8.14. The van der Waals surface area contributed by atoms with Gasteiger partial charge in [-0.3, -0.25) is 9.59 Å². The largest absolute Gasteiger partial charge is 0.454 e. The molecule has 0 radical (unpaired) electrons. The molecule has 0 bridgehead atoms. The molecule has 4 N–H and O–H groups in total. The number of aliphatic hydroxyl groups excluding tert-OH is 2. The minimum Gasteiger partial charge on any atom is -0.454 e. The molecule has 4 aliphatic carbocycles. The van der Waals surface area contributed by atoms with E-state index in [1.807, 2.05) is 20.8 Å². The Morgan fingerprint density at radius 1 is 1.26 bits per heavy atom. The predicted octanol–water partition coefficient (Wildman–Crippen LogP) is 0.836. The molecule has 0 aromatic carbocycles. The fourth-order valence-electron chi connectivity index (χ4n) is 8.32. The molecule has 1 heterocycles. The number of aliphatic hydroxyl groups is 4. The number of hydrogen-bond acceptors (Lipinski definition) is 10. The summed E-state index contributed by atoms with van der Waals surface area (Å²) in [6, 6.07) is 0. The summed E-state index contributed by atoms with van der Waals surface area (Å²) in [5, 5.41) is 46.6. The van der Waals surface area contributed by atoms with Crippen LogP contribution in [0.15, 0.2) is 23.8 Å². The molecular formula is C29H40O10. The highest BCUT2D eigenvalue weighted by molar-refractivity contribution is 6.05. The summed E-state index contributed by atoms with van der Waals surface area (Å²) in [7, 11) is 0. The van der Waals surface area contributed by atoms with Crippen LogP contribution in [0.25, 0.3) is 0 Å². The lowest BCUT2D eigenvalue weighted by Crippen LogP contribution is -2.69. The molecule has 5 rings (SSSR count). The van der Waals surface area contributed by atoms with Crippen molar-refractivity contribution in [2.75, 3.05) is 6.61 Å². The highest BCUT2D eigenvalue weighted by Gasteiger charge is 2.93. The number of epoxide rings is 1. The third kappa shape index (κ3) is 3.07. The number of ether oxygens (including phenoxy) is 3. The van der Waals surface area contributed by atoms with Crippen molar-refractivity contribution in [3.05, 3.63) is 23.8 Å². The first-order valence-corrected chi connectivity index (χ1v) is 13.7. The maximum Gasteiger partial charge on any atom is 0.333 e. The molecule has 5 aliphatic rings. The van der Waals surface area contributed by atoms with E-state index in [1.165, 1.54) is 19.9 Å². The van der Waals surface area contributed by atoms with Gasteiger partial charge in [0.05, 0.1) is 24.2 Å². The quantitative estimate of drug-likeness (QED) is 0.212. The first-order valence-electron chi connectivity index (χ1n) is 13.7. The van der Waals surface area contributed by atoms with Gasteiger partial charge in [-0.15, -0.1) is 0 Å². The Kier molecular flexibility index (Phi) is 5.99. The predicted molar refractivity (Wildman–Crippen MR) is 136 cm³/mol. The molecule has 3 saturated carbocycles. The Morgan fingerprint density at radius 3 is 2.41 bits per heavy atom. The number of Topliss-reactive ketones (excluding diaryl/α,β-unsaturated/α-hetero) is 1. The van der Waals surface area contributed by atoms with Gasteiger partial charge >= 0.3 is 11.9 Å². The van der Waals surface area contributed by atoms with E-state index in [0.717, 1.165) is 0 Å². The van der Waals surface area contributed by atoms with Gasteiger partial charge in [-0.2, -0.15) is 0 Å². The van der Waals surface area contributed by atoms with Crippen molar-refractivity contribution in [1.29, 1.82) is 0 Å². The van der Waals surface area contributed by atoms with E-state index in [9.17, 15) is 34.8 Å². The van der Waals surface area contributed by atoms with Crippen LogP contribution in [-0.4, -0.2) is 85.5 Å². The van der Waals surface area contributed by atoms with Crippen LogP contribution in [0.1, 0.15) is 54.9 Å². The summed E-state index contributed by atoms with van der Waals surface area (Å²) in [6.07, 6.45) is -2.01. The molecule has 1 aliphatic heterocycles. The Balaban J connectivity index is 1.74. The summed E-state index contributed by atoms with van der Waals surface area (Å²) in [4.78, 5) is 39.6. The molecule has 4 fully saturated rings. The molecule has 0 amide bonds. The van der Waals surface area contributed by atoms with Gasteiger partial charge in [0, 0.05) is 34.7 Å². The van der Waals surface area contributed by atoms with E-state index in [0.29, 0.717) is 6.42 Å². The molecule has 10 nitrogen and oxygen atoms in total. The number of hydrogen-bond donors (Lipinski definition) is 4. The van der Waals surface area contributed by atoms with Crippen molar-refractivity contribution in [1.82, 2.24) is 0 Å². The first kappa shape index (κ1) is 28.4. The molecule has 216 valence electrons. The average molecular weight is 549 g/mol. The van der Waals surface area contributed by atoms with E-state index < -0.39 is 100 Å². The van der Waals surface area contributed by atoms with Crippen molar-refractivity contribution >= 4 is 17.7 Å². The number of esters is 2. The van der Waals surface area contributed by atoms with E-state index in [2.05, 4.69) is 6.58 Å². The lowest BCUT2D eigenvalue weighted by atomic mass is 9.58. The van der Waals surface area contributed by atoms with E-state index in [-0.39, 0.29) is 11.1 Å². The minimum absolute atomic E-state index is 0.110. The van der Waals surface area contributed by atoms with Gasteiger partial charge in [-0.1, -0.05) is 47.3 Å². The molecule has 10 heteroatoms. The van der Waals surface area contributed by atoms with Crippen LogP contribution in [0.4, 0.5) is 0 Å². The van der Waals surface area contributed by atoms with Crippen LogP contribution < -0.4 is 0 Å². The molecule has 8 unspecified atom stereocenters. The van der Waals surface area contributed by atoms with Crippen LogP contribution in [0.2, 0.25) is 0 Å². The maximum atomic E-state index is 13.4. The lowest BCUT2D eigenvalue weighted by molar-refractivity contribution is -0.245. The van der Waals surface area contributed by atoms with Crippen LogP contribution in [0.3, 0.4) is 0 Å². The van der Waals surface area contributed by atoms with Gasteiger partial charge in [0.1, 0.15) is 17.8 Å². The number of fused-ring (bicyclic) bond motifs is 7. The van der Waals surface area contributed by atoms with Gasteiger partial charge < -0.3 is 34.6 Å². The van der Waals surface area contributed by atoms with Crippen LogP contribution in [0, 0.1) is 35.0 Å². The van der Waals surface area contributed by atoms with Gasteiger partial charge in [0.25, 0.3) is 0 Å². The zero-order valence-corrected chi connectivity index (χ0v) is 23.6. The average Bonchev–Trinajstić information content (AvgIpc) is 3.71. The van der Waals surface area contributed by atoms with Crippen molar-refractivity contribution in [2.45, 2.75) is 95.6 Å². The zero-order valence-electron chi connectivity index (χ0n) is 23.6. The number of ketones is 1. The molecule has 12 atom stereocenters. The second-order valence-corrected chi connectivity index (χ2v) is 13.1. The Morgan fingerprint density at radius 2 is 1.87 bits per heavy atom. The zero-order chi connectivity index (χ0) is 29.2. The first-order chi connectivity index (χ1) is 18.0. The lowest BCUT2D eigenvalue weighted by Gasteiger charge is -2.53. The standard InChI is InChI=1S/C29H40O10/c1-9-13(4)23(33)39-29-18(25(29,7)8)17-21-26(11-30,38-21)24(34)28(36)16(10-14(5)19(28)31)27(17,35)15(6)20(29)37-22(32)12(2)3/h10,13,15-18,20-21,24,30,34-36H,2,9,11H2,1,3-8H3/t13?,15-,16+,17-,18+,20?,21?,24?,26?,27?,28?,29?/m1/s1. The van der Waals surface area contributed by atoms with E-state index in [4.69, 9.17) is 14.2 Å². The fraction of sp³-hybridized carbons (Fsp3) is 0.759. The topological polar surface area (TPSA) is 163 Å². The normalized spacial score (nSPS) is 49.3. The van der Waals surface area contributed by atoms with Gasteiger partial charge in [-0.25, -0.2) is 4.79 Å². The summed E-state index contributed by atoms with van der Waals surface area (Å²) in [6.45, 7) is 14.8. The highest BCUT2D eigenvalue weighted by atomic mass is 16.6.